The molecule has 0 bridgehead atoms. The van der Waals surface area contributed by atoms with E-state index in [1.54, 1.807) is 0 Å². The van der Waals surface area contributed by atoms with Crippen molar-refractivity contribution >= 4 is 46.3 Å². The van der Waals surface area contributed by atoms with Crippen molar-refractivity contribution in [3.8, 4) is 0 Å². The third-order valence-corrected chi connectivity index (χ3v) is 7.66. The fourth-order valence-corrected chi connectivity index (χ4v) is 5.68. The van der Waals surface area contributed by atoms with Crippen LogP contribution in [0.3, 0.4) is 0 Å². The second-order valence-electron chi connectivity index (χ2n) is 10.8. The van der Waals surface area contributed by atoms with Crippen LogP contribution < -0.4 is 15.5 Å². The Morgan fingerprint density at radius 3 is 2.34 bits per heavy atom. The topological polar surface area (TPSA) is 61.4 Å². The first-order valence-electron chi connectivity index (χ1n) is 12.9. The molecular weight excluding hydrogens is 517 g/mol. The van der Waals surface area contributed by atoms with Gasteiger partial charge in [0.25, 0.3) is 0 Å². The molecule has 3 aromatic rings. The van der Waals surface area contributed by atoms with Gasteiger partial charge in [-0.1, -0.05) is 73.4 Å². The lowest BCUT2D eigenvalue weighted by molar-refractivity contribution is -0.120. The van der Waals surface area contributed by atoms with Crippen LogP contribution in [0.2, 0.25) is 10.0 Å². The van der Waals surface area contributed by atoms with Crippen molar-refractivity contribution < 1.29 is 9.59 Å². The SMILES string of the molecule is CC1(C)CC(=O)C2=C(C1)Nc1ccccc1N(CC(=O)NCCc1ccc(Cl)cc1)C2c1ccc(Cl)cc1. The highest BCUT2D eigenvalue weighted by atomic mass is 35.5. The average Bonchev–Trinajstić information content (AvgIpc) is 2.99. The molecule has 1 atom stereocenters. The Labute approximate surface area is 233 Å². The van der Waals surface area contributed by atoms with E-state index in [0.29, 0.717) is 29.4 Å². The highest BCUT2D eigenvalue weighted by molar-refractivity contribution is 6.30. The molecule has 196 valence electrons. The van der Waals surface area contributed by atoms with Crippen LogP contribution >= 0.6 is 23.2 Å². The number of rotatable bonds is 6. The van der Waals surface area contributed by atoms with Crippen molar-refractivity contribution in [2.75, 3.05) is 23.3 Å². The summed E-state index contributed by atoms with van der Waals surface area (Å²) < 4.78 is 0. The molecular formula is C31H31Cl2N3O2. The summed E-state index contributed by atoms with van der Waals surface area (Å²) in [5.41, 5.74) is 5.26. The summed E-state index contributed by atoms with van der Waals surface area (Å²) >= 11 is 12.2. The van der Waals surface area contributed by atoms with Gasteiger partial charge in [-0.05, 0) is 65.8 Å². The smallest absolute Gasteiger partial charge is 0.239 e. The van der Waals surface area contributed by atoms with Crippen LogP contribution in [0.1, 0.15) is 43.9 Å². The van der Waals surface area contributed by atoms with E-state index in [1.165, 1.54) is 0 Å². The maximum Gasteiger partial charge on any atom is 0.239 e. The highest BCUT2D eigenvalue weighted by Gasteiger charge is 2.41. The molecule has 2 N–H and O–H groups in total. The molecule has 7 heteroatoms. The van der Waals surface area contributed by atoms with E-state index in [9.17, 15) is 9.59 Å². The molecule has 0 saturated carbocycles. The Morgan fingerprint density at radius 2 is 1.63 bits per heavy atom. The number of carbonyl (C=O) groups is 2. The first-order valence-corrected chi connectivity index (χ1v) is 13.6. The predicted molar refractivity (Wildman–Crippen MR) is 155 cm³/mol. The number of hydrogen-bond donors (Lipinski definition) is 2. The quantitative estimate of drug-likeness (QED) is 0.349. The fraction of sp³-hybridized carbons (Fsp3) is 0.290. The number of carbonyl (C=O) groups excluding carboxylic acids is 2. The minimum atomic E-state index is -0.427. The van der Waals surface area contributed by atoms with E-state index in [2.05, 4.69) is 24.5 Å². The Balaban J connectivity index is 1.50. The molecule has 0 radical (unpaired) electrons. The van der Waals surface area contributed by atoms with Gasteiger partial charge in [0.1, 0.15) is 0 Å². The van der Waals surface area contributed by atoms with Crippen LogP contribution in [0.15, 0.2) is 84.1 Å². The van der Waals surface area contributed by atoms with Gasteiger partial charge in [0, 0.05) is 34.3 Å². The summed E-state index contributed by atoms with van der Waals surface area (Å²) in [5, 5.41) is 7.96. The number of ketones is 1. The number of halogens is 2. The lowest BCUT2D eigenvalue weighted by Crippen LogP contribution is -2.42. The number of Topliss-reactive ketones (excluding diaryl/α,β-unsaturated/α-hetero) is 1. The Hall–Kier alpha value is -3.28. The molecule has 0 fully saturated rings. The zero-order valence-corrected chi connectivity index (χ0v) is 23.1. The third-order valence-electron chi connectivity index (χ3n) is 7.15. The Morgan fingerprint density at radius 1 is 0.974 bits per heavy atom. The van der Waals surface area contributed by atoms with Gasteiger partial charge in [-0.2, -0.15) is 0 Å². The predicted octanol–water partition coefficient (Wildman–Crippen LogP) is 6.97. The first-order chi connectivity index (χ1) is 18.2. The Bertz CT molecular complexity index is 1380. The van der Waals surface area contributed by atoms with E-state index in [0.717, 1.165) is 40.2 Å². The largest absolute Gasteiger partial charge is 0.357 e. The zero-order valence-electron chi connectivity index (χ0n) is 21.6. The minimum Gasteiger partial charge on any atom is -0.357 e. The zero-order chi connectivity index (χ0) is 26.9. The molecule has 1 heterocycles. The van der Waals surface area contributed by atoms with Gasteiger partial charge in [-0.3, -0.25) is 9.59 Å². The van der Waals surface area contributed by atoms with Crippen LogP contribution in [-0.2, 0) is 16.0 Å². The molecule has 0 spiro atoms. The van der Waals surface area contributed by atoms with E-state index < -0.39 is 6.04 Å². The van der Waals surface area contributed by atoms with Gasteiger partial charge in [0.15, 0.2) is 5.78 Å². The summed E-state index contributed by atoms with van der Waals surface area (Å²) in [5.74, 6) is -0.00924. The number of nitrogens with zero attached hydrogens (tertiary/aromatic N) is 1. The summed E-state index contributed by atoms with van der Waals surface area (Å²) in [4.78, 5) is 29.1. The molecule has 38 heavy (non-hydrogen) atoms. The number of benzene rings is 3. The van der Waals surface area contributed by atoms with Crippen LogP contribution in [-0.4, -0.2) is 24.8 Å². The van der Waals surface area contributed by atoms with Crippen molar-refractivity contribution in [1.29, 1.82) is 0 Å². The van der Waals surface area contributed by atoms with Crippen LogP contribution in [0.25, 0.3) is 0 Å². The van der Waals surface area contributed by atoms with Crippen molar-refractivity contribution in [2.45, 2.75) is 39.2 Å². The van der Waals surface area contributed by atoms with E-state index in [1.807, 2.05) is 77.7 Å². The number of allylic oxidation sites excluding steroid dienone is 1. The van der Waals surface area contributed by atoms with E-state index in [-0.39, 0.29) is 23.7 Å². The molecule has 1 aliphatic carbocycles. The van der Waals surface area contributed by atoms with Gasteiger partial charge in [-0.25, -0.2) is 0 Å². The first kappa shape index (κ1) is 26.3. The van der Waals surface area contributed by atoms with Gasteiger partial charge in [0.05, 0.1) is 24.0 Å². The Kier molecular flexibility index (Phi) is 7.51. The number of hydrogen-bond acceptors (Lipinski definition) is 4. The molecule has 0 aromatic heterocycles. The minimum absolute atomic E-state index is 0.0973. The number of amides is 1. The van der Waals surface area contributed by atoms with Gasteiger partial charge in [0.2, 0.25) is 5.91 Å². The fourth-order valence-electron chi connectivity index (χ4n) is 5.43. The molecule has 1 aliphatic heterocycles. The number of nitrogens with one attached hydrogen (secondary N) is 2. The van der Waals surface area contributed by atoms with Crippen LogP contribution in [0.5, 0.6) is 0 Å². The summed E-state index contributed by atoms with van der Waals surface area (Å²) in [6, 6.07) is 22.7. The van der Waals surface area contributed by atoms with Crippen molar-refractivity contribution in [3.63, 3.8) is 0 Å². The molecule has 1 amide bonds. The third kappa shape index (κ3) is 5.74. The summed E-state index contributed by atoms with van der Waals surface area (Å²) in [6.07, 6.45) is 1.90. The molecule has 0 saturated heterocycles. The normalized spacial score (nSPS) is 18.3. The van der Waals surface area contributed by atoms with Crippen LogP contribution in [0, 0.1) is 5.41 Å². The van der Waals surface area contributed by atoms with Gasteiger partial charge in [-0.15, -0.1) is 0 Å². The number of anilines is 2. The molecule has 5 nitrogen and oxygen atoms in total. The molecule has 5 rings (SSSR count). The summed E-state index contributed by atoms with van der Waals surface area (Å²) in [6.45, 7) is 4.84. The van der Waals surface area contributed by atoms with Gasteiger partial charge < -0.3 is 15.5 Å². The highest BCUT2D eigenvalue weighted by Crippen LogP contribution is 2.48. The van der Waals surface area contributed by atoms with Crippen LogP contribution in [0.4, 0.5) is 11.4 Å². The van der Waals surface area contributed by atoms with Crippen molar-refractivity contribution in [2.24, 2.45) is 5.41 Å². The average molecular weight is 549 g/mol. The number of fused-ring (bicyclic) bond motifs is 1. The lowest BCUT2D eigenvalue weighted by Gasteiger charge is -2.37. The van der Waals surface area contributed by atoms with Crippen molar-refractivity contribution in [1.82, 2.24) is 5.32 Å². The standard InChI is InChI=1S/C31H31Cl2N3O2/c1-31(2)17-25-29(27(37)18-31)30(21-9-13-23(33)14-10-21)36(26-6-4-3-5-24(26)35-25)19-28(38)34-16-15-20-7-11-22(32)12-8-20/h3-14,30,35H,15-19H2,1-2H3,(H,34,38). The second kappa shape index (κ2) is 10.8. The van der Waals surface area contributed by atoms with E-state index >= 15 is 0 Å². The number of para-hydroxylation sites is 2. The van der Waals surface area contributed by atoms with Gasteiger partial charge >= 0.3 is 0 Å². The maximum atomic E-state index is 13.7. The maximum absolute atomic E-state index is 13.7. The van der Waals surface area contributed by atoms with E-state index in [4.69, 9.17) is 23.2 Å². The molecule has 3 aromatic carbocycles. The monoisotopic (exact) mass is 547 g/mol. The summed E-state index contributed by atoms with van der Waals surface area (Å²) in [7, 11) is 0. The lowest BCUT2D eigenvalue weighted by atomic mass is 9.73. The second-order valence-corrected chi connectivity index (χ2v) is 11.7. The van der Waals surface area contributed by atoms with Crippen molar-refractivity contribution in [3.05, 3.63) is 105 Å². The molecule has 2 aliphatic rings. The molecule has 1 unspecified atom stereocenters.